The Morgan fingerprint density at radius 3 is 2.40 bits per heavy atom. The molecule has 7 rings (SSSR count). The van der Waals surface area contributed by atoms with Gasteiger partial charge in [-0.2, -0.15) is 0 Å². The van der Waals surface area contributed by atoms with Crippen LogP contribution in [0.1, 0.15) is 121 Å². The van der Waals surface area contributed by atoms with E-state index in [1.807, 2.05) is 41.3 Å². The third kappa shape index (κ3) is 12.2. The SMILES string of the molecule is O=C(/C=C/c1cccnc1)NCCCCC1CCN(C(=O)c2ccc(N3CCN(CCCCCCCC#Cc4cccc5c4CN(C4CCC(=O)NC4=O)C5=O)CC3)cc2)CC1. The fourth-order valence-corrected chi connectivity index (χ4v) is 9.07. The number of likely N-dealkylation sites (tertiary alicyclic amines) is 1. The number of rotatable bonds is 17. The number of carbonyl (C=O) groups is 5. The first-order valence-corrected chi connectivity index (χ1v) is 22.8. The molecule has 3 aromatic rings. The highest BCUT2D eigenvalue weighted by atomic mass is 16.2. The summed E-state index contributed by atoms with van der Waals surface area (Å²) < 4.78 is 0. The number of fused-ring (bicyclic) bond motifs is 1. The molecule has 0 spiro atoms. The van der Waals surface area contributed by atoms with Crippen LogP contribution in [0.2, 0.25) is 0 Å². The minimum absolute atomic E-state index is 0.0809. The van der Waals surface area contributed by atoms with E-state index in [-0.39, 0.29) is 30.0 Å². The van der Waals surface area contributed by atoms with E-state index >= 15 is 0 Å². The summed E-state index contributed by atoms with van der Waals surface area (Å²) in [5, 5.41) is 5.33. The zero-order chi connectivity index (χ0) is 43.1. The van der Waals surface area contributed by atoms with Gasteiger partial charge in [-0.25, -0.2) is 0 Å². The summed E-state index contributed by atoms with van der Waals surface area (Å²) in [7, 11) is 0. The number of aromatic nitrogens is 1. The normalized spacial score (nSPS) is 18.4. The molecular weight excluding hydrogens is 779 g/mol. The maximum atomic E-state index is 13.3. The number of amides is 5. The molecule has 0 bridgehead atoms. The van der Waals surface area contributed by atoms with Crippen LogP contribution >= 0.6 is 0 Å². The second kappa shape index (κ2) is 22.3. The summed E-state index contributed by atoms with van der Waals surface area (Å²) in [4.78, 5) is 75.1. The van der Waals surface area contributed by atoms with Gasteiger partial charge in [-0.15, -0.1) is 0 Å². The van der Waals surface area contributed by atoms with Gasteiger partial charge in [0.1, 0.15) is 6.04 Å². The number of hydrogen-bond donors (Lipinski definition) is 2. The first-order chi connectivity index (χ1) is 30.3. The van der Waals surface area contributed by atoms with Crippen molar-refractivity contribution < 1.29 is 24.0 Å². The number of piperazine rings is 1. The molecule has 3 fully saturated rings. The summed E-state index contributed by atoms with van der Waals surface area (Å²) in [6, 6.07) is 16.9. The molecule has 12 heteroatoms. The second-order valence-electron chi connectivity index (χ2n) is 17.1. The van der Waals surface area contributed by atoms with Crippen molar-refractivity contribution in [2.45, 2.75) is 96.1 Å². The number of pyridine rings is 1. The summed E-state index contributed by atoms with van der Waals surface area (Å²) in [6.07, 6.45) is 19.2. The molecule has 0 saturated carbocycles. The number of nitrogens with one attached hydrogen (secondary N) is 2. The van der Waals surface area contributed by atoms with Crippen LogP contribution in [0, 0.1) is 17.8 Å². The summed E-state index contributed by atoms with van der Waals surface area (Å²) in [6.45, 7) is 7.81. The molecule has 1 unspecified atom stereocenters. The Morgan fingerprint density at radius 2 is 1.63 bits per heavy atom. The van der Waals surface area contributed by atoms with Crippen molar-refractivity contribution in [1.82, 2.24) is 30.3 Å². The molecule has 326 valence electrons. The molecule has 5 amide bonds. The minimum Gasteiger partial charge on any atom is -0.369 e. The Bertz CT molecular complexity index is 2110. The van der Waals surface area contributed by atoms with Crippen molar-refractivity contribution in [3.8, 4) is 11.8 Å². The number of anilines is 1. The smallest absolute Gasteiger partial charge is 0.255 e. The third-order valence-corrected chi connectivity index (χ3v) is 12.8. The van der Waals surface area contributed by atoms with Crippen LogP contribution in [-0.4, -0.2) is 108 Å². The fraction of sp³-hybridized carbons (Fsp3) is 0.480. The Morgan fingerprint density at radius 1 is 0.839 bits per heavy atom. The third-order valence-electron chi connectivity index (χ3n) is 12.8. The van der Waals surface area contributed by atoms with Crippen LogP contribution in [0.3, 0.4) is 0 Å². The Balaban J connectivity index is 0.715. The average molecular weight is 840 g/mol. The van der Waals surface area contributed by atoms with Gasteiger partial charge in [0.25, 0.3) is 11.8 Å². The molecule has 3 saturated heterocycles. The van der Waals surface area contributed by atoms with Crippen LogP contribution in [0.25, 0.3) is 6.08 Å². The molecule has 5 heterocycles. The van der Waals surface area contributed by atoms with Gasteiger partial charge in [-0.05, 0) is 111 Å². The lowest BCUT2D eigenvalue weighted by Gasteiger charge is -2.36. The Labute approximate surface area is 366 Å². The molecule has 0 aliphatic carbocycles. The fourth-order valence-electron chi connectivity index (χ4n) is 9.07. The molecule has 1 aromatic heterocycles. The van der Waals surface area contributed by atoms with Gasteiger partial charge < -0.3 is 20.0 Å². The van der Waals surface area contributed by atoms with E-state index in [1.54, 1.807) is 35.5 Å². The van der Waals surface area contributed by atoms with Gasteiger partial charge in [0.2, 0.25) is 17.7 Å². The summed E-state index contributed by atoms with van der Waals surface area (Å²) in [5.74, 6) is 6.42. The van der Waals surface area contributed by atoms with E-state index < -0.39 is 11.9 Å². The number of carbonyl (C=O) groups excluding carboxylic acids is 5. The lowest BCUT2D eigenvalue weighted by atomic mass is 9.91. The van der Waals surface area contributed by atoms with Crippen molar-refractivity contribution in [2.75, 3.05) is 57.3 Å². The van der Waals surface area contributed by atoms with Gasteiger partial charge >= 0.3 is 0 Å². The second-order valence-corrected chi connectivity index (χ2v) is 17.1. The van der Waals surface area contributed by atoms with Crippen LogP contribution in [0.15, 0.2) is 73.1 Å². The minimum atomic E-state index is -0.619. The number of unbranched alkanes of at least 4 members (excludes halogenated alkanes) is 6. The maximum absolute atomic E-state index is 13.3. The molecule has 4 aliphatic heterocycles. The molecular formula is C50H61N7O5. The zero-order valence-corrected chi connectivity index (χ0v) is 36.0. The highest BCUT2D eigenvalue weighted by molar-refractivity contribution is 6.05. The van der Waals surface area contributed by atoms with Crippen LogP contribution in [0.5, 0.6) is 0 Å². The predicted octanol–water partition coefficient (Wildman–Crippen LogP) is 6.21. The Hall–Kier alpha value is -5.80. The van der Waals surface area contributed by atoms with Crippen molar-refractivity contribution in [1.29, 1.82) is 0 Å². The van der Waals surface area contributed by atoms with E-state index in [4.69, 9.17) is 0 Å². The Kier molecular flexibility index (Phi) is 15.9. The van der Waals surface area contributed by atoms with Crippen molar-refractivity contribution in [2.24, 2.45) is 5.92 Å². The van der Waals surface area contributed by atoms with E-state index in [0.29, 0.717) is 31.0 Å². The monoisotopic (exact) mass is 839 g/mol. The molecule has 1 atom stereocenters. The lowest BCUT2D eigenvalue weighted by Crippen LogP contribution is -2.52. The van der Waals surface area contributed by atoms with Crippen molar-refractivity contribution in [3.63, 3.8) is 0 Å². The van der Waals surface area contributed by atoms with E-state index in [1.165, 1.54) is 24.9 Å². The predicted molar refractivity (Wildman–Crippen MR) is 241 cm³/mol. The standard InChI is InChI=1S/C50H61N7O5/c58-46(23-17-39-13-11-27-51-36-39)52-28-8-7-12-38-25-30-56(31-26-38)49(61)41-18-20-42(21-19-41)55-34-32-54(33-35-55)29-9-5-3-1-2-4-6-14-40-15-10-16-43-44(40)37-57(50(43)62)45-22-24-47(59)53-48(45)60/h10-11,13,15-21,23,27,36,38,45H,1-5,7-9,12,22,24-26,28-35,37H2,(H,52,58)(H,53,59,60)/b23-17+. The molecule has 2 N–H and O–H groups in total. The van der Waals surface area contributed by atoms with Gasteiger partial charge in [0.15, 0.2) is 0 Å². The number of nitrogens with zero attached hydrogens (tertiary/aromatic N) is 5. The summed E-state index contributed by atoms with van der Waals surface area (Å²) in [5.41, 5.74) is 5.18. The quantitative estimate of drug-likeness (QED) is 0.0710. The van der Waals surface area contributed by atoms with Crippen LogP contribution < -0.4 is 15.5 Å². The van der Waals surface area contributed by atoms with Gasteiger partial charge in [-0.1, -0.05) is 56.1 Å². The molecule has 62 heavy (non-hydrogen) atoms. The maximum Gasteiger partial charge on any atom is 0.255 e. The summed E-state index contributed by atoms with van der Waals surface area (Å²) >= 11 is 0. The first kappa shape index (κ1) is 44.3. The van der Waals surface area contributed by atoms with Crippen LogP contribution in [0.4, 0.5) is 5.69 Å². The van der Waals surface area contributed by atoms with Crippen LogP contribution in [-0.2, 0) is 20.9 Å². The van der Waals surface area contributed by atoms with Gasteiger partial charge in [-0.3, -0.25) is 39.2 Å². The number of hydrogen-bond acceptors (Lipinski definition) is 8. The van der Waals surface area contributed by atoms with Gasteiger partial charge in [0.05, 0.1) is 0 Å². The van der Waals surface area contributed by atoms with Crippen molar-refractivity contribution >= 4 is 41.3 Å². The number of benzene rings is 2. The average Bonchev–Trinajstić information content (AvgIpc) is 3.64. The topological polar surface area (TPSA) is 135 Å². The zero-order valence-electron chi connectivity index (χ0n) is 36.0. The molecule has 12 nitrogen and oxygen atoms in total. The number of piperidine rings is 2. The number of imide groups is 1. The highest BCUT2D eigenvalue weighted by Gasteiger charge is 2.39. The molecule has 2 aromatic carbocycles. The lowest BCUT2D eigenvalue weighted by molar-refractivity contribution is -0.137. The van der Waals surface area contributed by atoms with E-state index in [9.17, 15) is 24.0 Å². The first-order valence-electron chi connectivity index (χ1n) is 22.8. The van der Waals surface area contributed by atoms with Crippen molar-refractivity contribution in [3.05, 3.63) is 101 Å². The molecule has 0 radical (unpaired) electrons. The largest absolute Gasteiger partial charge is 0.369 e. The van der Waals surface area contributed by atoms with E-state index in [0.717, 1.165) is 119 Å². The molecule has 4 aliphatic rings. The van der Waals surface area contributed by atoms with E-state index in [2.05, 4.69) is 49.4 Å². The highest BCUT2D eigenvalue weighted by Crippen LogP contribution is 2.30. The van der Waals surface area contributed by atoms with Gasteiger partial charge in [0, 0.05) is 106 Å².